The van der Waals surface area contributed by atoms with Crippen LogP contribution in [0.5, 0.6) is 5.75 Å². The van der Waals surface area contributed by atoms with Gasteiger partial charge >= 0.3 is 0 Å². The number of rotatable bonds is 1. The van der Waals surface area contributed by atoms with Crippen LogP contribution in [0.1, 0.15) is 76.7 Å². The van der Waals surface area contributed by atoms with Gasteiger partial charge in [0.2, 0.25) is 11.6 Å². The highest BCUT2D eigenvalue weighted by atomic mass is 17.3. The Bertz CT molecular complexity index is 681. The number of fused-ring (bicyclic) bond motifs is 2. The van der Waals surface area contributed by atoms with E-state index in [1.807, 2.05) is 12.1 Å². The molecule has 0 radical (unpaired) electrons. The Morgan fingerprint density at radius 1 is 1.00 bits per heavy atom. The fourth-order valence-electron chi connectivity index (χ4n) is 6.33. The smallest absolute Gasteiger partial charge is 0.209 e. The predicted octanol–water partition coefficient (Wildman–Crippen LogP) is 5.51. The first-order valence-corrected chi connectivity index (χ1v) is 10.8. The zero-order valence-corrected chi connectivity index (χ0v) is 16.5. The molecule has 5 fully saturated rings. The molecule has 3 unspecified atom stereocenters. The lowest BCUT2D eigenvalue weighted by molar-refractivity contribution is -0.374. The maximum absolute atomic E-state index is 9.87. The Hall–Kier alpha value is -1.10. The molecule has 27 heavy (non-hydrogen) atoms. The summed E-state index contributed by atoms with van der Waals surface area (Å²) in [5, 5.41) is 9.87. The second-order valence-corrected chi connectivity index (χ2v) is 9.77. The Balaban J connectivity index is 1.38. The van der Waals surface area contributed by atoms with Gasteiger partial charge < -0.3 is 9.84 Å². The SMILES string of the molecule is CC1CC2CC(C2)CC(C)C12OO[C@@]1(CCCC(c3cccc(O)c3)C1)O2. The molecule has 1 saturated heterocycles. The van der Waals surface area contributed by atoms with Crippen LogP contribution in [-0.2, 0) is 14.5 Å². The first-order chi connectivity index (χ1) is 13.0. The lowest BCUT2D eigenvalue weighted by Crippen LogP contribution is -2.51. The molecule has 4 nitrogen and oxygen atoms in total. The molecule has 1 N–H and O–H groups in total. The van der Waals surface area contributed by atoms with Crippen LogP contribution in [0.15, 0.2) is 24.3 Å². The molecule has 2 spiro atoms. The van der Waals surface area contributed by atoms with E-state index in [0.29, 0.717) is 23.5 Å². The summed E-state index contributed by atoms with van der Waals surface area (Å²) in [7, 11) is 0. The van der Waals surface area contributed by atoms with Gasteiger partial charge in [0.1, 0.15) is 5.75 Å². The average Bonchev–Trinajstić information content (AvgIpc) is 2.99. The van der Waals surface area contributed by atoms with E-state index in [0.717, 1.165) is 37.5 Å². The summed E-state index contributed by atoms with van der Waals surface area (Å²) >= 11 is 0. The molecule has 148 valence electrons. The summed E-state index contributed by atoms with van der Waals surface area (Å²) in [5.74, 6) is 1.79. The molecule has 0 aromatic heterocycles. The maximum Gasteiger partial charge on any atom is 0.209 e. The van der Waals surface area contributed by atoms with Gasteiger partial charge in [0.25, 0.3) is 0 Å². The van der Waals surface area contributed by atoms with Gasteiger partial charge in [-0.25, -0.2) is 0 Å². The third kappa shape index (κ3) is 3.01. The van der Waals surface area contributed by atoms with E-state index in [9.17, 15) is 5.11 Å². The van der Waals surface area contributed by atoms with E-state index < -0.39 is 11.6 Å². The number of hydrogen-bond acceptors (Lipinski definition) is 4. The molecule has 4 atom stereocenters. The summed E-state index contributed by atoms with van der Waals surface area (Å²) < 4.78 is 6.82. The standard InChI is InChI=1S/C23H32O4/c1-15-9-17-11-18(12-17)10-16(2)23(15)25-22(26-27-23)8-4-6-20(14-22)19-5-3-7-21(24)13-19/h3,5,7,13,15-18,20,24H,4,6,8-12,14H2,1-2H3/t15?,16?,17?,18?,20?,22-,23?/m1/s1. The van der Waals surface area contributed by atoms with Gasteiger partial charge in [0.15, 0.2) is 0 Å². The van der Waals surface area contributed by atoms with Gasteiger partial charge in [-0.15, -0.1) is 0 Å². The lowest BCUT2D eigenvalue weighted by Gasteiger charge is -2.48. The number of aromatic hydroxyl groups is 1. The zero-order valence-electron chi connectivity index (χ0n) is 16.5. The van der Waals surface area contributed by atoms with Crippen LogP contribution >= 0.6 is 0 Å². The number of hydrogen-bond donors (Lipinski definition) is 1. The minimum absolute atomic E-state index is 0.328. The second-order valence-electron chi connectivity index (χ2n) is 9.77. The van der Waals surface area contributed by atoms with Crippen molar-refractivity contribution in [3.8, 4) is 5.75 Å². The molecule has 1 aromatic rings. The van der Waals surface area contributed by atoms with Gasteiger partial charge in [-0.05, 0) is 74.0 Å². The largest absolute Gasteiger partial charge is 0.508 e. The molecule has 4 saturated carbocycles. The fourth-order valence-corrected chi connectivity index (χ4v) is 6.33. The van der Waals surface area contributed by atoms with Crippen molar-refractivity contribution in [2.75, 3.05) is 0 Å². The van der Waals surface area contributed by atoms with Crippen molar-refractivity contribution < 1.29 is 19.6 Å². The Morgan fingerprint density at radius 3 is 2.44 bits per heavy atom. The number of benzene rings is 1. The molecule has 6 rings (SSSR count). The van der Waals surface area contributed by atoms with Crippen molar-refractivity contribution in [1.29, 1.82) is 0 Å². The summed E-state index contributed by atoms with van der Waals surface area (Å²) in [6.45, 7) is 4.57. The first-order valence-electron chi connectivity index (χ1n) is 10.8. The van der Waals surface area contributed by atoms with Crippen LogP contribution in [0, 0.1) is 23.7 Å². The highest BCUT2D eigenvalue weighted by molar-refractivity contribution is 5.30. The third-order valence-electron chi connectivity index (χ3n) is 7.76. The molecule has 4 aliphatic carbocycles. The van der Waals surface area contributed by atoms with Gasteiger partial charge in [0, 0.05) is 24.7 Å². The van der Waals surface area contributed by atoms with Crippen LogP contribution in [0.4, 0.5) is 0 Å². The summed E-state index contributed by atoms with van der Waals surface area (Å²) in [4.78, 5) is 12.2. The minimum atomic E-state index is -0.639. The number of phenolic OH excluding ortho intramolecular Hbond substituents is 1. The van der Waals surface area contributed by atoms with Crippen LogP contribution in [-0.4, -0.2) is 16.7 Å². The van der Waals surface area contributed by atoms with E-state index in [-0.39, 0.29) is 0 Å². The molecule has 1 heterocycles. The van der Waals surface area contributed by atoms with Gasteiger partial charge in [-0.1, -0.05) is 26.0 Å². The van der Waals surface area contributed by atoms with Crippen molar-refractivity contribution in [2.45, 2.75) is 82.7 Å². The molecule has 1 aromatic carbocycles. The third-order valence-corrected chi connectivity index (χ3v) is 7.76. The van der Waals surface area contributed by atoms with Crippen molar-refractivity contribution in [1.82, 2.24) is 0 Å². The van der Waals surface area contributed by atoms with Crippen LogP contribution < -0.4 is 0 Å². The summed E-state index contributed by atoms with van der Waals surface area (Å²) in [6.07, 6.45) is 8.95. The maximum atomic E-state index is 9.87. The fraction of sp³-hybridized carbons (Fsp3) is 0.739. The van der Waals surface area contributed by atoms with E-state index in [1.165, 1.54) is 31.2 Å². The van der Waals surface area contributed by atoms with Crippen molar-refractivity contribution in [2.24, 2.45) is 23.7 Å². The quantitative estimate of drug-likeness (QED) is 0.660. The van der Waals surface area contributed by atoms with Gasteiger partial charge in [-0.3, -0.25) is 0 Å². The topological polar surface area (TPSA) is 47.9 Å². The predicted molar refractivity (Wildman–Crippen MR) is 102 cm³/mol. The second kappa shape index (κ2) is 6.47. The number of phenols is 1. The van der Waals surface area contributed by atoms with Gasteiger partial charge in [0.05, 0.1) is 0 Å². The Kier molecular flexibility index (Phi) is 4.30. The summed E-state index contributed by atoms with van der Waals surface area (Å²) in [6, 6.07) is 7.63. The molecule has 2 bridgehead atoms. The van der Waals surface area contributed by atoms with Crippen LogP contribution in [0.3, 0.4) is 0 Å². The number of ether oxygens (including phenoxy) is 1. The Labute approximate surface area is 162 Å². The minimum Gasteiger partial charge on any atom is -0.508 e. The molecule has 4 heteroatoms. The zero-order chi connectivity index (χ0) is 18.6. The highest BCUT2D eigenvalue weighted by Crippen LogP contribution is 2.57. The van der Waals surface area contributed by atoms with E-state index >= 15 is 0 Å². The van der Waals surface area contributed by atoms with E-state index in [1.54, 1.807) is 6.07 Å². The molecule has 5 aliphatic rings. The van der Waals surface area contributed by atoms with E-state index in [2.05, 4.69) is 19.9 Å². The van der Waals surface area contributed by atoms with Crippen molar-refractivity contribution in [3.05, 3.63) is 29.8 Å². The van der Waals surface area contributed by atoms with Crippen molar-refractivity contribution in [3.63, 3.8) is 0 Å². The van der Waals surface area contributed by atoms with Crippen LogP contribution in [0.25, 0.3) is 0 Å². The van der Waals surface area contributed by atoms with Gasteiger partial charge in [-0.2, -0.15) is 9.78 Å². The lowest BCUT2D eigenvalue weighted by atomic mass is 9.62. The molecule has 1 aliphatic heterocycles. The monoisotopic (exact) mass is 372 g/mol. The van der Waals surface area contributed by atoms with Crippen LogP contribution in [0.2, 0.25) is 0 Å². The molecular formula is C23H32O4. The normalized spacial score (nSPS) is 46.8. The Morgan fingerprint density at radius 2 is 1.74 bits per heavy atom. The molecular weight excluding hydrogens is 340 g/mol. The molecule has 0 amide bonds. The average molecular weight is 373 g/mol. The summed E-state index contributed by atoms with van der Waals surface area (Å²) in [5.41, 5.74) is 1.17. The van der Waals surface area contributed by atoms with E-state index in [4.69, 9.17) is 14.5 Å². The first kappa shape index (κ1) is 18.0. The van der Waals surface area contributed by atoms with Crippen molar-refractivity contribution >= 4 is 0 Å². The highest BCUT2D eigenvalue weighted by Gasteiger charge is 2.61.